The Kier molecular flexibility index (Phi) is 4.29. The summed E-state index contributed by atoms with van der Waals surface area (Å²) in [4.78, 5) is 12.1. The summed E-state index contributed by atoms with van der Waals surface area (Å²) in [5.41, 5.74) is 1.85. The first kappa shape index (κ1) is 17.2. The van der Waals surface area contributed by atoms with Crippen molar-refractivity contribution in [3.63, 3.8) is 0 Å². The van der Waals surface area contributed by atoms with Gasteiger partial charge in [-0.15, -0.1) is 11.3 Å². The summed E-state index contributed by atoms with van der Waals surface area (Å²) in [6.45, 7) is 0.397. The van der Waals surface area contributed by atoms with Crippen LogP contribution in [0.25, 0.3) is 16.0 Å². The maximum atomic E-state index is 12.9. The van der Waals surface area contributed by atoms with Crippen molar-refractivity contribution in [1.29, 1.82) is 0 Å². The highest BCUT2D eigenvalue weighted by molar-refractivity contribution is 7.91. The number of nitrogens with zero attached hydrogens (tertiary/aromatic N) is 3. The molecule has 0 radical (unpaired) electrons. The maximum Gasteiger partial charge on any atom is 0.307 e. The highest BCUT2D eigenvalue weighted by Crippen LogP contribution is 2.34. The van der Waals surface area contributed by atoms with Crippen LogP contribution >= 0.6 is 11.3 Å². The van der Waals surface area contributed by atoms with Crippen LogP contribution in [0.3, 0.4) is 0 Å². The van der Waals surface area contributed by atoms with E-state index in [1.165, 1.54) is 15.6 Å². The number of thiophene rings is 1. The molecule has 1 N–H and O–H groups in total. The van der Waals surface area contributed by atoms with Crippen molar-refractivity contribution >= 4 is 32.8 Å². The van der Waals surface area contributed by atoms with E-state index in [2.05, 4.69) is 5.10 Å². The number of rotatable bonds is 4. The number of pyridine rings is 1. The zero-order valence-corrected chi connectivity index (χ0v) is 15.4. The third-order valence-electron chi connectivity index (χ3n) is 4.59. The molecule has 1 aliphatic rings. The number of sulfonamides is 1. The Balaban J connectivity index is 1.63. The summed E-state index contributed by atoms with van der Waals surface area (Å²) in [5.74, 6) is -1.58. The molecule has 1 fully saturated rings. The molecule has 1 aliphatic heterocycles. The molecule has 0 bridgehead atoms. The largest absolute Gasteiger partial charge is 0.481 e. The Morgan fingerprint density at radius 3 is 2.92 bits per heavy atom. The van der Waals surface area contributed by atoms with Crippen LogP contribution in [0.15, 0.2) is 46.9 Å². The number of aliphatic carboxylic acids is 1. The number of carboxylic acid groups (broad SMARTS) is 1. The first-order valence-corrected chi connectivity index (χ1v) is 10.5. The van der Waals surface area contributed by atoms with E-state index in [9.17, 15) is 18.3 Å². The molecule has 26 heavy (non-hydrogen) atoms. The zero-order valence-electron chi connectivity index (χ0n) is 13.8. The quantitative estimate of drug-likeness (QED) is 0.738. The fourth-order valence-electron chi connectivity index (χ4n) is 3.18. The Morgan fingerprint density at radius 2 is 2.12 bits per heavy atom. The Hall–Kier alpha value is -2.23. The van der Waals surface area contributed by atoms with Crippen molar-refractivity contribution in [1.82, 2.24) is 13.9 Å². The summed E-state index contributed by atoms with van der Waals surface area (Å²) >= 11 is 1.20. The van der Waals surface area contributed by atoms with E-state index in [0.717, 1.165) is 16.0 Å². The molecule has 0 amide bonds. The third kappa shape index (κ3) is 3.02. The highest BCUT2D eigenvalue weighted by atomic mass is 32.2. The van der Waals surface area contributed by atoms with Gasteiger partial charge in [-0.05, 0) is 48.7 Å². The van der Waals surface area contributed by atoms with Gasteiger partial charge in [-0.25, -0.2) is 12.9 Å². The van der Waals surface area contributed by atoms with E-state index in [0.29, 0.717) is 19.4 Å². The van der Waals surface area contributed by atoms with Gasteiger partial charge in [0.2, 0.25) is 0 Å². The van der Waals surface area contributed by atoms with E-state index in [1.54, 1.807) is 22.8 Å². The molecular weight excluding hydrogens is 374 g/mol. The predicted octanol–water partition coefficient (Wildman–Crippen LogP) is 2.55. The average molecular weight is 391 g/mol. The molecule has 9 heteroatoms. The van der Waals surface area contributed by atoms with Gasteiger partial charge in [0.1, 0.15) is 4.21 Å². The Bertz CT molecular complexity index is 1070. The normalized spacial score (nSPS) is 19.0. The topological polar surface area (TPSA) is 92.0 Å². The second-order valence-electron chi connectivity index (χ2n) is 6.28. The number of piperidine rings is 1. The number of hydrogen-bond acceptors (Lipinski definition) is 5. The fourth-order valence-corrected chi connectivity index (χ4v) is 6.16. The minimum atomic E-state index is -3.68. The number of aromatic nitrogens is 2. The van der Waals surface area contributed by atoms with Crippen molar-refractivity contribution in [2.75, 3.05) is 13.1 Å². The third-order valence-corrected chi connectivity index (χ3v) is 8.06. The molecule has 4 rings (SSSR count). The Morgan fingerprint density at radius 1 is 1.27 bits per heavy atom. The van der Waals surface area contributed by atoms with Crippen molar-refractivity contribution in [3.8, 4) is 10.4 Å². The number of carboxylic acids is 1. The smallest absolute Gasteiger partial charge is 0.307 e. The van der Waals surface area contributed by atoms with Gasteiger partial charge in [0.25, 0.3) is 10.0 Å². The van der Waals surface area contributed by atoms with Gasteiger partial charge in [-0.1, -0.05) is 0 Å². The van der Waals surface area contributed by atoms with E-state index < -0.39 is 21.9 Å². The van der Waals surface area contributed by atoms with Crippen LogP contribution in [-0.2, 0) is 14.8 Å². The summed E-state index contributed by atoms with van der Waals surface area (Å²) in [7, 11) is -3.68. The lowest BCUT2D eigenvalue weighted by Crippen LogP contribution is -2.41. The lowest BCUT2D eigenvalue weighted by molar-refractivity contribution is -0.142. The molecule has 1 atom stereocenters. The van der Waals surface area contributed by atoms with Gasteiger partial charge in [0.05, 0.1) is 11.4 Å². The van der Waals surface area contributed by atoms with Crippen LogP contribution in [0.5, 0.6) is 0 Å². The van der Waals surface area contributed by atoms with E-state index >= 15 is 0 Å². The lowest BCUT2D eigenvalue weighted by Gasteiger charge is -2.29. The molecule has 4 heterocycles. The molecule has 3 aromatic heterocycles. The summed E-state index contributed by atoms with van der Waals surface area (Å²) < 4.78 is 29.1. The summed E-state index contributed by atoms with van der Waals surface area (Å²) in [6, 6.07) is 9.12. The maximum absolute atomic E-state index is 12.9. The SMILES string of the molecule is O=C(O)C1CCCN(S(=O)(=O)c2ccc(-c3ccn4nccc4c3)s2)C1. The second-order valence-corrected chi connectivity index (χ2v) is 9.52. The van der Waals surface area contributed by atoms with Gasteiger partial charge in [0, 0.05) is 30.4 Å². The molecule has 0 aliphatic carbocycles. The summed E-state index contributed by atoms with van der Waals surface area (Å²) in [5, 5.41) is 13.3. The number of fused-ring (bicyclic) bond motifs is 1. The minimum absolute atomic E-state index is 0.0344. The molecule has 3 aromatic rings. The zero-order chi connectivity index (χ0) is 18.3. The fraction of sp³-hybridized carbons (Fsp3) is 0.294. The van der Waals surface area contributed by atoms with Crippen molar-refractivity contribution < 1.29 is 18.3 Å². The molecule has 7 nitrogen and oxygen atoms in total. The van der Waals surface area contributed by atoms with Gasteiger partial charge in [0.15, 0.2) is 0 Å². The number of hydrogen-bond donors (Lipinski definition) is 1. The molecular formula is C17H17N3O4S2. The van der Waals surface area contributed by atoms with Crippen molar-refractivity contribution in [2.24, 2.45) is 5.92 Å². The second kappa shape index (κ2) is 6.49. The van der Waals surface area contributed by atoms with Crippen molar-refractivity contribution in [2.45, 2.75) is 17.1 Å². The van der Waals surface area contributed by atoms with E-state index in [1.807, 2.05) is 24.4 Å². The first-order valence-electron chi connectivity index (χ1n) is 8.22. The van der Waals surface area contributed by atoms with Crippen LogP contribution in [0.2, 0.25) is 0 Å². The predicted molar refractivity (Wildman–Crippen MR) is 97.6 cm³/mol. The lowest BCUT2D eigenvalue weighted by atomic mass is 10.0. The molecule has 0 saturated carbocycles. The number of carbonyl (C=O) groups is 1. The molecule has 1 saturated heterocycles. The average Bonchev–Trinajstić information content (AvgIpc) is 3.30. The van der Waals surface area contributed by atoms with Gasteiger partial charge in [-0.3, -0.25) is 4.79 Å². The highest BCUT2D eigenvalue weighted by Gasteiger charge is 2.34. The minimum Gasteiger partial charge on any atom is -0.481 e. The van der Waals surface area contributed by atoms with Crippen LogP contribution < -0.4 is 0 Å². The van der Waals surface area contributed by atoms with Gasteiger partial charge in [-0.2, -0.15) is 9.40 Å². The van der Waals surface area contributed by atoms with E-state index in [4.69, 9.17) is 0 Å². The van der Waals surface area contributed by atoms with Crippen LogP contribution in [0, 0.1) is 5.92 Å². The van der Waals surface area contributed by atoms with Crippen LogP contribution in [0.4, 0.5) is 0 Å². The van der Waals surface area contributed by atoms with Crippen LogP contribution in [0.1, 0.15) is 12.8 Å². The van der Waals surface area contributed by atoms with Gasteiger partial charge >= 0.3 is 5.97 Å². The summed E-state index contributed by atoms with van der Waals surface area (Å²) in [6.07, 6.45) is 4.62. The Labute approximate surface area is 154 Å². The van der Waals surface area contributed by atoms with E-state index in [-0.39, 0.29) is 10.8 Å². The monoisotopic (exact) mass is 391 g/mol. The molecule has 0 spiro atoms. The van der Waals surface area contributed by atoms with Gasteiger partial charge < -0.3 is 5.11 Å². The standard InChI is InChI=1S/C17H17N3O4S2/c21-17(22)13-2-1-8-19(11-13)26(23,24)16-4-3-15(25-16)12-6-9-20-14(10-12)5-7-18-20/h3-7,9-10,13H,1-2,8,11H2,(H,21,22). The molecule has 0 aromatic carbocycles. The van der Waals surface area contributed by atoms with Crippen LogP contribution in [-0.4, -0.2) is 46.5 Å². The molecule has 1 unspecified atom stereocenters. The first-order chi connectivity index (χ1) is 12.4. The molecule has 136 valence electrons. The van der Waals surface area contributed by atoms with Crippen molar-refractivity contribution in [3.05, 3.63) is 42.7 Å².